The number of rotatable bonds is 1. The normalized spacial score (nSPS) is 11.0. The zero-order valence-corrected chi connectivity index (χ0v) is 10.4. The third-order valence-electron chi connectivity index (χ3n) is 3.13. The summed E-state index contributed by atoms with van der Waals surface area (Å²) in [6.07, 6.45) is 0. The van der Waals surface area contributed by atoms with Crippen LogP contribution >= 0.6 is 0 Å². The highest BCUT2D eigenvalue weighted by Crippen LogP contribution is 2.31. The molecule has 3 heteroatoms. The van der Waals surface area contributed by atoms with E-state index in [1.807, 2.05) is 44.2 Å². The van der Waals surface area contributed by atoms with E-state index in [-0.39, 0.29) is 5.75 Å². The Kier molecular flexibility index (Phi) is 2.33. The first kappa shape index (κ1) is 10.8. The van der Waals surface area contributed by atoms with E-state index < -0.39 is 0 Å². The van der Waals surface area contributed by atoms with Crippen molar-refractivity contribution in [1.29, 1.82) is 0 Å². The van der Waals surface area contributed by atoms with Gasteiger partial charge in [-0.25, -0.2) is 4.98 Å². The molecule has 18 heavy (non-hydrogen) atoms. The van der Waals surface area contributed by atoms with Crippen LogP contribution in [0.3, 0.4) is 0 Å². The van der Waals surface area contributed by atoms with Crippen molar-refractivity contribution in [2.45, 2.75) is 13.8 Å². The molecule has 90 valence electrons. The minimum absolute atomic E-state index is 0.285. The number of hydrogen-bond donors (Lipinski definition) is 2. The van der Waals surface area contributed by atoms with E-state index in [4.69, 9.17) is 0 Å². The summed E-state index contributed by atoms with van der Waals surface area (Å²) < 4.78 is 0. The average Bonchev–Trinajstić information content (AvgIpc) is 2.75. The Morgan fingerprint density at radius 3 is 2.78 bits per heavy atom. The van der Waals surface area contributed by atoms with E-state index in [2.05, 4.69) is 16.0 Å². The van der Waals surface area contributed by atoms with Gasteiger partial charge in [0, 0.05) is 0 Å². The first-order valence-electron chi connectivity index (χ1n) is 5.90. The lowest BCUT2D eigenvalue weighted by molar-refractivity contribution is 0.473. The molecule has 3 nitrogen and oxygen atoms in total. The van der Waals surface area contributed by atoms with Crippen LogP contribution in [0.2, 0.25) is 0 Å². The first-order chi connectivity index (χ1) is 8.65. The topological polar surface area (TPSA) is 48.9 Å². The zero-order valence-electron chi connectivity index (χ0n) is 10.4. The van der Waals surface area contributed by atoms with Crippen molar-refractivity contribution >= 4 is 11.0 Å². The SMILES string of the molecule is Cc1ccc2nc(-c3cccc(C)c3O)[nH]c2c1. The highest BCUT2D eigenvalue weighted by molar-refractivity contribution is 5.81. The van der Waals surface area contributed by atoms with E-state index in [1.165, 1.54) is 5.56 Å². The number of aromatic nitrogens is 2. The number of aromatic hydroxyl groups is 1. The van der Waals surface area contributed by atoms with E-state index in [1.54, 1.807) is 0 Å². The standard InChI is InChI=1S/C15H14N2O/c1-9-6-7-12-13(8-9)17-15(16-12)11-5-3-4-10(2)14(11)18/h3-8,18H,1-2H3,(H,16,17). The number of para-hydroxylation sites is 1. The third kappa shape index (κ3) is 1.64. The molecule has 0 radical (unpaired) electrons. The predicted octanol–water partition coefficient (Wildman–Crippen LogP) is 3.55. The van der Waals surface area contributed by atoms with E-state index in [0.29, 0.717) is 5.82 Å². The van der Waals surface area contributed by atoms with Gasteiger partial charge in [-0.3, -0.25) is 0 Å². The summed E-state index contributed by atoms with van der Waals surface area (Å²) in [6.45, 7) is 3.93. The summed E-state index contributed by atoms with van der Waals surface area (Å²) in [5, 5.41) is 10.1. The Balaban J connectivity index is 2.22. The summed E-state index contributed by atoms with van der Waals surface area (Å²) in [7, 11) is 0. The number of phenolic OH excluding ortho intramolecular Hbond substituents is 1. The fourth-order valence-corrected chi connectivity index (χ4v) is 2.10. The lowest BCUT2D eigenvalue weighted by Crippen LogP contribution is -1.83. The molecule has 0 saturated carbocycles. The molecule has 0 saturated heterocycles. The maximum absolute atomic E-state index is 10.1. The molecule has 1 aromatic heterocycles. The molecule has 0 bridgehead atoms. The molecule has 0 aliphatic carbocycles. The number of benzene rings is 2. The number of imidazole rings is 1. The molecule has 0 amide bonds. The minimum Gasteiger partial charge on any atom is -0.507 e. The summed E-state index contributed by atoms with van der Waals surface area (Å²) in [5.41, 5.74) is 4.68. The van der Waals surface area contributed by atoms with Crippen LogP contribution in [0.1, 0.15) is 11.1 Å². The second-order valence-corrected chi connectivity index (χ2v) is 4.58. The van der Waals surface area contributed by atoms with Crippen molar-refractivity contribution in [2.75, 3.05) is 0 Å². The predicted molar refractivity (Wildman–Crippen MR) is 72.7 cm³/mol. The number of nitrogens with zero attached hydrogens (tertiary/aromatic N) is 1. The molecule has 2 aromatic carbocycles. The Labute approximate surface area is 105 Å². The van der Waals surface area contributed by atoms with Crippen LogP contribution < -0.4 is 0 Å². The maximum Gasteiger partial charge on any atom is 0.142 e. The fraction of sp³-hybridized carbons (Fsp3) is 0.133. The van der Waals surface area contributed by atoms with Crippen molar-refractivity contribution in [2.24, 2.45) is 0 Å². The van der Waals surface area contributed by atoms with Gasteiger partial charge >= 0.3 is 0 Å². The number of nitrogens with one attached hydrogen (secondary N) is 1. The van der Waals surface area contributed by atoms with Gasteiger partial charge in [0.25, 0.3) is 0 Å². The van der Waals surface area contributed by atoms with Gasteiger partial charge in [0.2, 0.25) is 0 Å². The second-order valence-electron chi connectivity index (χ2n) is 4.58. The van der Waals surface area contributed by atoms with Gasteiger partial charge in [0.15, 0.2) is 0 Å². The van der Waals surface area contributed by atoms with E-state index >= 15 is 0 Å². The quantitative estimate of drug-likeness (QED) is 0.681. The van der Waals surface area contributed by atoms with Crippen molar-refractivity contribution < 1.29 is 5.11 Å². The molecule has 0 aliphatic rings. The van der Waals surface area contributed by atoms with Crippen molar-refractivity contribution in [3.8, 4) is 17.1 Å². The first-order valence-corrected chi connectivity index (χ1v) is 5.90. The zero-order chi connectivity index (χ0) is 12.7. The van der Waals surface area contributed by atoms with Gasteiger partial charge in [-0.05, 0) is 43.2 Å². The smallest absolute Gasteiger partial charge is 0.142 e. The van der Waals surface area contributed by atoms with Crippen LogP contribution in [0.25, 0.3) is 22.4 Å². The molecule has 3 aromatic rings. The number of aryl methyl sites for hydroxylation is 2. The number of fused-ring (bicyclic) bond motifs is 1. The number of phenols is 1. The summed E-state index contributed by atoms with van der Waals surface area (Å²) >= 11 is 0. The largest absolute Gasteiger partial charge is 0.507 e. The van der Waals surface area contributed by atoms with Crippen LogP contribution in [-0.2, 0) is 0 Å². The van der Waals surface area contributed by atoms with Crippen LogP contribution in [0, 0.1) is 13.8 Å². The summed E-state index contributed by atoms with van der Waals surface area (Å²) in [6, 6.07) is 11.7. The monoisotopic (exact) mass is 238 g/mol. The Hall–Kier alpha value is -2.29. The molecule has 0 atom stereocenters. The Morgan fingerprint density at radius 1 is 1.11 bits per heavy atom. The van der Waals surface area contributed by atoms with Gasteiger partial charge in [-0.2, -0.15) is 0 Å². The molecule has 3 rings (SSSR count). The summed E-state index contributed by atoms with van der Waals surface area (Å²) in [4.78, 5) is 7.76. The molecule has 2 N–H and O–H groups in total. The lowest BCUT2D eigenvalue weighted by atomic mass is 10.1. The molecule has 0 unspecified atom stereocenters. The van der Waals surface area contributed by atoms with E-state index in [0.717, 1.165) is 22.2 Å². The Morgan fingerprint density at radius 2 is 1.94 bits per heavy atom. The number of hydrogen-bond acceptors (Lipinski definition) is 2. The van der Waals surface area contributed by atoms with Gasteiger partial charge in [0.1, 0.15) is 11.6 Å². The average molecular weight is 238 g/mol. The Bertz CT molecular complexity index is 728. The van der Waals surface area contributed by atoms with Gasteiger partial charge in [0.05, 0.1) is 16.6 Å². The highest BCUT2D eigenvalue weighted by atomic mass is 16.3. The summed E-state index contributed by atoms with van der Waals surface area (Å²) in [5.74, 6) is 0.991. The molecule has 1 heterocycles. The lowest BCUT2D eigenvalue weighted by Gasteiger charge is -2.03. The van der Waals surface area contributed by atoms with Crippen molar-refractivity contribution in [3.05, 3.63) is 47.5 Å². The second kappa shape index (κ2) is 3.88. The minimum atomic E-state index is 0.285. The number of H-pyrrole nitrogens is 1. The molecule has 0 spiro atoms. The van der Waals surface area contributed by atoms with Crippen molar-refractivity contribution in [1.82, 2.24) is 9.97 Å². The molecular formula is C15H14N2O. The molecule has 0 fully saturated rings. The number of aromatic amines is 1. The molecule has 0 aliphatic heterocycles. The van der Waals surface area contributed by atoms with Gasteiger partial charge in [-0.15, -0.1) is 0 Å². The van der Waals surface area contributed by atoms with Crippen LogP contribution in [0.4, 0.5) is 0 Å². The third-order valence-corrected chi connectivity index (χ3v) is 3.13. The van der Waals surface area contributed by atoms with Crippen LogP contribution in [0.5, 0.6) is 5.75 Å². The van der Waals surface area contributed by atoms with Gasteiger partial charge < -0.3 is 10.1 Å². The fourth-order valence-electron chi connectivity index (χ4n) is 2.10. The molecular weight excluding hydrogens is 224 g/mol. The highest BCUT2D eigenvalue weighted by Gasteiger charge is 2.10. The van der Waals surface area contributed by atoms with Crippen LogP contribution in [0.15, 0.2) is 36.4 Å². The van der Waals surface area contributed by atoms with Crippen LogP contribution in [-0.4, -0.2) is 15.1 Å². The maximum atomic E-state index is 10.1. The van der Waals surface area contributed by atoms with Crippen molar-refractivity contribution in [3.63, 3.8) is 0 Å². The van der Waals surface area contributed by atoms with E-state index in [9.17, 15) is 5.11 Å². The van der Waals surface area contributed by atoms with Gasteiger partial charge in [-0.1, -0.05) is 18.2 Å².